The number of ether oxygens (including phenoxy) is 2. The van der Waals surface area contributed by atoms with Gasteiger partial charge in [-0.15, -0.1) is 0 Å². The smallest absolute Gasteiger partial charge is 0.338 e. The van der Waals surface area contributed by atoms with E-state index >= 15 is 0 Å². The average Bonchev–Trinajstić information content (AvgIpc) is 3.31. The first-order valence-electron chi connectivity index (χ1n) is 11.7. The maximum absolute atomic E-state index is 13.8. The predicted molar refractivity (Wildman–Crippen MR) is 142 cm³/mol. The summed E-state index contributed by atoms with van der Waals surface area (Å²) in [5.74, 6) is 0.0977. The highest BCUT2D eigenvalue weighted by molar-refractivity contribution is 7.07. The Morgan fingerprint density at radius 1 is 1.11 bits per heavy atom. The van der Waals surface area contributed by atoms with Gasteiger partial charge >= 0.3 is 11.7 Å². The van der Waals surface area contributed by atoms with Crippen LogP contribution in [-0.4, -0.2) is 33.4 Å². The normalized spacial score (nSPS) is 15.6. The zero-order valence-corrected chi connectivity index (χ0v) is 22.0. The number of esters is 1. The molecule has 1 aliphatic rings. The maximum atomic E-state index is 13.8. The zero-order chi connectivity index (χ0) is 26.4. The van der Waals surface area contributed by atoms with Gasteiger partial charge in [-0.1, -0.05) is 29.5 Å². The van der Waals surface area contributed by atoms with Gasteiger partial charge in [-0.25, -0.2) is 14.6 Å². The monoisotopic (exact) mass is 518 g/mol. The third-order valence-electron chi connectivity index (χ3n) is 6.52. The second kappa shape index (κ2) is 9.36. The fourth-order valence-corrected chi connectivity index (χ4v) is 5.73. The maximum Gasteiger partial charge on any atom is 0.338 e. The van der Waals surface area contributed by atoms with Gasteiger partial charge in [-0.2, -0.15) is 0 Å². The number of methoxy groups -OCH3 is 1. The summed E-state index contributed by atoms with van der Waals surface area (Å²) >= 11 is 1.25. The molecule has 0 saturated carbocycles. The molecule has 10 heteroatoms. The lowest BCUT2D eigenvalue weighted by molar-refractivity contribution is -0.139. The summed E-state index contributed by atoms with van der Waals surface area (Å²) in [7, 11) is 5.01. The Balaban J connectivity index is 1.73. The molecule has 0 unspecified atom stereocenters. The summed E-state index contributed by atoms with van der Waals surface area (Å²) in [6.07, 6.45) is 1.78. The molecule has 4 aromatic rings. The van der Waals surface area contributed by atoms with Crippen LogP contribution in [0.5, 0.6) is 5.75 Å². The second-order valence-electron chi connectivity index (χ2n) is 8.73. The van der Waals surface area contributed by atoms with Crippen molar-refractivity contribution in [3.8, 4) is 5.75 Å². The Kier molecular flexibility index (Phi) is 6.20. The minimum atomic E-state index is -0.718. The summed E-state index contributed by atoms with van der Waals surface area (Å²) in [5.41, 5.74) is 3.49. The van der Waals surface area contributed by atoms with Crippen molar-refractivity contribution in [1.29, 1.82) is 0 Å². The lowest BCUT2D eigenvalue weighted by atomic mass is 9.95. The number of allylic oxidation sites excluding steroid dienone is 1. The SMILES string of the molecule is CCOC(=O)C1=C(C)N=c2s/c(=C/c3ccc4c(c3)n(C)c(=O)n4C)c(=O)n2[C@H]1c1cccc(OC)c1. The molecule has 0 bridgehead atoms. The Morgan fingerprint density at radius 3 is 2.59 bits per heavy atom. The molecule has 0 amide bonds. The number of nitrogens with zero attached hydrogens (tertiary/aromatic N) is 4. The molecule has 1 aliphatic heterocycles. The van der Waals surface area contributed by atoms with E-state index in [2.05, 4.69) is 4.99 Å². The number of carbonyl (C=O) groups is 1. The molecule has 0 N–H and O–H groups in total. The number of rotatable bonds is 5. The molecule has 0 fully saturated rings. The second-order valence-corrected chi connectivity index (χ2v) is 9.74. The number of hydrogen-bond donors (Lipinski definition) is 0. The number of fused-ring (bicyclic) bond motifs is 2. The van der Waals surface area contributed by atoms with Crippen LogP contribution in [0.4, 0.5) is 0 Å². The van der Waals surface area contributed by atoms with Gasteiger partial charge in [0.2, 0.25) is 0 Å². The molecule has 3 heterocycles. The van der Waals surface area contributed by atoms with Gasteiger partial charge in [0.05, 0.1) is 46.6 Å². The van der Waals surface area contributed by atoms with Crippen molar-refractivity contribution in [2.45, 2.75) is 19.9 Å². The van der Waals surface area contributed by atoms with Crippen LogP contribution >= 0.6 is 11.3 Å². The molecule has 0 saturated heterocycles. The highest BCUT2D eigenvalue weighted by atomic mass is 32.1. The van der Waals surface area contributed by atoms with Gasteiger partial charge in [-0.05, 0) is 55.3 Å². The quantitative estimate of drug-likeness (QED) is 0.377. The Bertz CT molecular complexity index is 1840. The number of aromatic nitrogens is 3. The fourth-order valence-electron chi connectivity index (χ4n) is 4.68. The molecule has 0 spiro atoms. The van der Waals surface area contributed by atoms with Gasteiger partial charge in [-0.3, -0.25) is 18.5 Å². The molecule has 190 valence electrons. The van der Waals surface area contributed by atoms with Crippen LogP contribution in [0.1, 0.15) is 31.0 Å². The van der Waals surface area contributed by atoms with Gasteiger partial charge in [0.15, 0.2) is 4.80 Å². The Morgan fingerprint density at radius 2 is 1.86 bits per heavy atom. The number of carbonyl (C=O) groups excluding carboxylic acids is 1. The largest absolute Gasteiger partial charge is 0.497 e. The molecular formula is C27H26N4O5S. The summed E-state index contributed by atoms with van der Waals surface area (Å²) in [6.45, 7) is 3.69. The van der Waals surface area contributed by atoms with E-state index in [0.29, 0.717) is 31.9 Å². The van der Waals surface area contributed by atoms with E-state index in [-0.39, 0.29) is 17.9 Å². The lowest BCUT2D eigenvalue weighted by Gasteiger charge is -2.25. The average molecular weight is 519 g/mol. The number of benzene rings is 2. The molecule has 37 heavy (non-hydrogen) atoms. The lowest BCUT2D eigenvalue weighted by Crippen LogP contribution is -2.39. The van der Waals surface area contributed by atoms with Gasteiger partial charge in [0.25, 0.3) is 5.56 Å². The van der Waals surface area contributed by atoms with Crippen LogP contribution in [0.15, 0.2) is 68.3 Å². The highest BCUT2D eigenvalue weighted by Crippen LogP contribution is 2.32. The number of thiazole rings is 1. The molecule has 2 aromatic carbocycles. The number of aryl methyl sites for hydroxylation is 2. The summed E-state index contributed by atoms with van der Waals surface area (Å²) in [6, 6.07) is 12.2. The van der Waals surface area contributed by atoms with Crippen LogP contribution in [0, 0.1) is 0 Å². The minimum absolute atomic E-state index is 0.119. The van der Waals surface area contributed by atoms with Crippen molar-refractivity contribution >= 4 is 34.4 Å². The van der Waals surface area contributed by atoms with E-state index in [4.69, 9.17) is 9.47 Å². The third kappa shape index (κ3) is 4.03. The van der Waals surface area contributed by atoms with Gasteiger partial charge < -0.3 is 9.47 Å². The number of hydrogen-bond acceptors (Lipinski definition) is 7. The Hall–Kier alpha value is -4.18. The van der Waals surface area contributed by atoms with Gasteiger partial charge in [0.1, 0.15) is 5.75 Å². The van der Waals surface area contributed by atoms with E-state index < -0.39 is 12.0 Å². The summed E-state index contributed by atoms with van der Waals surface area (Å²) in [5, 5.41) is 0. The van der Waals surface area contributed by atoms with Crippen LogP contribution in [0.2, 0.25) is 0 Å². The topological polar surface area (TPSA) is 96.8 Å². The molecule has 9 nitrogen and oxygen atoms in total. The van der Waals surface area contributed by atoms with E-state index in [1.807, 2.05) is 36.4 Å². The van der Waals surface area contributed by atoms with Crippen molar-refractivity contribution in [1.82, 2.24) is 13.7 Å². The molecule has 0 aliphatic carbocycles. The van der Waals surface area contributed by atoms with E-state index in [1.165, 1.54) is 11.3 Å². The Labute approximate surface area is 215 Å². The predicted octanol–water partition coefficient (Wildman–Crippen LogP) is 2.00. The van der Waals surface area contributed by atoms with E-state index in [1.54, 1.807) is 60.9 Å². The van der Waals surface area contributed by atoms with Crippen molar-refractivity contribution < 1.29 is 14.3 Å². The van der Waals surface area contributed by atoms with Crippen LogP contribution in [-0.2, 0) is 23.6 Å². The molecule has 0 radical (unpaired) electrons. The van der Waals surface area contributed by atoms with E-state index in [0.717, 1.165) is 16.6 Å². The first-order valence-corrected chi connectivity index (χ1v) is 12.6. The van der Waals surface area contributed by atoms with Crippen molar-refractivity contribution in [3.05, 3.63) is 95.0 Å². The van der Waals surface area contributed by atoms with Gasteiger partial charge in [0, 0.05) is 14.1 Å². The molecule has 1 atom stereocenters. The van der Waals surface area contributed by atoms with Crippen LogP contribution in [0.25, 0.3) is 17.1 Å². The number of imidazole rings is 1. The fraction of sp³-hybridized carbons (Fsp3) is 0.259. The van der Waals surface area contributed by atoms with Crippen molar-refractivity contribution in [3.63, 3.8) is 0 Å². The van der Waals surface area contributed by atoms with E-state index in [9.17, 15) is 14.4 Å². The van der Waals surface area contributed by atoms with Crippen molar-refractivity contribution in [2.24, 2.45) is 19.1 Å². The van der Waals surface area contributed by atoms with Crippen LogP contribution < -0.4 is 25.3 Å². The minimum Gasteiger partial charge on any atom is -0.497 e. The first kappa shape index (κ1) is 24.5. The zero-order valence-electron chi connectivity index (χ0n) is 21.1. The summed E-state index contributed by atoms with van der Waals surface area (Å²) in [4.78, 5) is 44.2. The third-order valence-corrected chi connectivity index (χ3v) is 7.50. The molecule has 2 aromatic heterocycles. The van der Waals surface area contributed by atoms with Crippen molar-refractivity contribution in [2.75, 3.05) is 13.7 Å². The van der Waals surface area contributed by atoms with Crippen LogP contribution in [0.3, 0.4) is 0 Å². The molecular weight excluding hydrogens is 492 g/mol. The first-order chi connectivity index (χ1) is 17.7. The standard InChI is InChI=1S/C27H26N4O5S/c1-6-36-25(33)22-15(2)28-26-31(23(22)17-8-7-9-18(14-17)35-5)24(32)21(37-26)13-16-10-11-19-20(12-16)30(4)27(34)29(19)3/h7-14,23H,6H2,1-5H3/b21-13+/t23-/m0/s1. The molecule has 5 rings (SSSR count). The summed E-state index contributed by atoms with van der Waals surface area (Å²) < 4.78 is 15.9. The highest BCUT2D eigenvalue weighted by Gasteiger charge is 2.33.